The van der Waals surface area contributed by atoms with Crippen LogP contribution in [0.25, 0.3) is 0 Å². The van der Waals surface area contributed by atoms with Crippen LogP contribution in [0.4, 0.5) is 15.8 Å². The third-order valence-electron chi connectivity index (χ3n) is 5.17. The van der Waals surface area contributed by atoms with Gasteiger partial charge in [-0.2, -0.15) is 0 Å². The van der Waals surface area contributed by atoms with Crippen LogP contribution < -0.4 is 9.80 Å². The molecule has 3 aliphatic heterocycles. The van der Waals surface area contributed by atoms with Gasteiger partial charge in [0.25, 0.3) is 5.91 Å². The second-order valence-electron chi connectivity index (χ2n) is 6.51. The summed E-state index contributed by atoms with van der Waals surface area (Å²) in [5.74, 6) is -0.310. The highest BCUT2D eigenvalue weighted by Crippen LogP contribution is 2.57. The Morgan fingerprint density at radius 1 is 1.08 bits per heavy atom. The molecule has 3 aliphatic rings. The van der Waals surface area contributed by atoms with Crippen molar-refractivity contribution in [3.05, 3.63) is 59.4 Å². The van der Waals surface area contributed by atoms with Crippen molar-refractivity contribution >= 4 is 35.0 Å². The second-order valence-corrected chi connectivity index (χ2v) is 7.68. The zero-order valence-electron chi connectivity index (χ0n) is 13.4. The molecule has 0 aliphatic carbocycles. The van der Waals surface area contributed by atoms with Gasteiger partial charge in [0.1, 0.15) is 5.82 Å². The third kappa shape index (κ3) is 1.83. The van der Waals surface area contributed by atoms with Gasteiger partial charge in [-0.3, -0.25) is 14.5 Å². The van der Waals surface area contributed by atoms with Crippen LogP contribution in [0.5, 0.6) is 0 Å². The summed E-state index contributed by atoms with van der Waals surface area (Å²) in [6.45, 7) is 0.677. The van der Waals surface area contributed by atoms with E-state index in [1.807, 2.05) is 17.0 Å². The highest BCUT2D eigenvalue weighted by molar-refractivity contribution is 8.02. The van der Waals surface area contributed by atoms with Crippen molar-refractivity contribution in [3.8, 4) is 0 Å². The lowest BCUT2D eigenvalue weighted by Crippen LogP contribution is -2.50. The molecule has 126 valence electrons. The fourth-order valence-corrected chi connectivity index (χ4v) is 5.52. The van der Waals surface area contributed by atoms with Gasteiger partial charge in [0.15, 0.2) is 0 Å². The minimum absolute atomic E-state index is 0.0603. The molecule has 4 nitrogen and oxygen atoms in total. The Balaban J connectivity index is 1.75. The molecule has 0 saturated carbocycles. The van der Waals surface area contributed by atoms with Crippen molar-refractivity contribution in [1.82, 2.24) is 0 Å². The quantitative estimate of drug-likeness (QED) is 0.790. The van der Waals surface area contributed by atoms with E-state index in [1.54, 1.807) is 17.0 Å². The van der Waals surface area contributed by atoms with Crippen molar-refractivity contribution in [2.75, 3.05) is 22.1 Å². The fourth-order valence-electron chi connectivity index (χ4n) is 4.17. The molecule has 0 N–H and O–H groups in total. The molecule has 25 heavy (non-hydrogen) atoms. The zero-order chi connectivity index (χ0) is 17.2. The number of amides is 2. The SMILES string of the molecule is O=C1CS[C@@]2(C(=O)N3CCCc4cccc2c43)N1c1ccc(F)cc1. The van der Waals surface area contributed by atoms with Gasteiger partial charge in [-0.25, -0.2) is 4.39 Å². The second kappa shape index (κ2) is 5.08. The fraction of sp³-hybridized carbons (Fsp3) is 0.263. The summed E-state index contributed by atoms with van der Waals surface area (Å²) in [7, 11) is 0. The van der Waals surface area contributed by atoms with Crippen LogP contribution in [0, 0.1) is 5.82 Å². The minimum atomic E-state index is -1.06. The molecular weight excluding hydrogens is 339 g/mol. The average Bonchev–Trinajstić information content (AvgIpc) is 3.10. The third-order valence-corrected chi connectivity index (χ3v) is 6.56. The van der Waals surface area contributed by atoms with Crippen LogP contribution >= 0.6 is 11.8 Å². The van der Waals surface area contributed by atoms with Crippen LogP contribution in [0.15, 0.2) is 42.5 Å². The lowest BCUT2D eigenvalue weighted by Gasteiger charge is -2.33. The maximum absolute atomic E-state index is 13.4. The Kier molecular flexibility index (Phi) is 3.04. The van der Waals surface area contributed by atoms with Gasteiger partial charge in [-0.05, 0) is 42.7 Å². The van der Waals surface area contributed by atoms with Crippen LogP contribution in [0.2, 0.25) is 0 Å². The summed E-state index contributed by atoms with van der Waals surface area (Å²) in [6.07, 6.45) is 1.87. The number of nitrogens with zero attached hydrogens (tertiary/aromatic N) is 2. The molecule has 2 aromatic rings. The summed E-state index contributed by atoms with van der Waals surface area (Å²) in [6, 6.07) is 11.8. The number of rotatable bonds is 1. The van der Waals surface area contributed by atoms with Gasteiger partial charge in [-0.1, -0.05) is 18.2 Å². The molecule has 2 amide bonds. The largest absolute Gasteiger partial charge is 0.309 e. The number of benzene rings is 2. The molecule has 6 heteroatoms. The summed E-state index contributed by atoms with van der Waals surface area (Å²) in [5.41, 5.74) is 3.57. The predicted octanol–water partition coefficient (Wildman–Crippen LogP) is 3.05. The van der Waals surface area contributed by atoms with Crippen molar-refractivity contribution in [3.63, 3.8) is 0 Å². The molecule has 2 aromatic carbocycles. The molecule has 1 saturated heterocycles. The Hall–Kier alpha value is -2.34. The number of halogens is 1. The number of para-hydroxylation sites is 1. The number of carbonyl (C=O) groups is 2. The summed E-state index contributed by atoms with van der Waals surface area (Å²) < 4.78 is 13.3. The first-order valence-corrected chi connectivity index (χ1v) is 9.28. The van der Waals surface area contributed by atoms with Crippen molar-refractivity contribution in [1.29, 1.82) is 0 Å². The molecule has 3 heterocycles. The van der Waals surface area contributed by atoms with E-state index in [4.69, 9.17) is 0 Å². The van der Waals surface area contributed by atoms with Crippen LogP contribution in [-0.4, -0.2) is 24.1 Å². The van der Waals surface area contributed by atoms with Gasteiger partial charge in [0.2, 0.25) is 10.8 Å². The Morgan fingerprint density at radius 3 is 2.68 bits per heavy atom. The van der Waals surface area contributed by atoms with E-state index in [0.29, 0.717) is 12.2 Å². The average molecular weight is 354 g/mol. The van der Waals surface area contributed by atoms with Gasteiger partial charge in [-0.15, -0.1) is 11.8 Å². The topological polar surface area (TPSA) is 40.6 Å². The van der Waals surface area contributed by atoms with Crippen LogP contribution in [0.1, 0.15) is 17.5 Å². The van der Waals surface area contributed by atoms with E-state index in [0.717, 1.165) is 29.7 Å². The number of fused-ring (bicyclic) bond motifs is 1. The molecule has 0 aromatic heterocycles. The van der Waals surface area contributed by atoms with Crippen molar-refractivity contribution in [2.45, 2.75) is 17.7 Å². The summed E-state index contributed by atoms with van der Waals surface area (Å²) >= 11 is 1.37. The first-order valence-electron chi connectivity index (χ1n) is 8.30. The zero-order valence-corrected chi connectivity index (χ0v) is 14.2. The van der Waals surface area contributed by atoms with E-state index < -0.39 is 4.87 Å². The smallest absolute Gasteiger partial charge is 0.268 e. The van der Waals surface area contributed by atoms with E-state index in [9.17, 15) is 14.0 Å². The first-order chi connectivity index (χ1) is 12.1. The summed E-state index contributed by atoms with van der Waals surface area (Å²) in [4.78, 5) is 28.5. The maximum Gasteiger partial charge on any atom is 0.268 e. The Morgan fingerprint density at radius 2 is 1.88 bits per heavy atom. The highest BCUT2D eigenvalue weighted by atomic mass is 32.2. The summed E-state index contributed by atoms with van der Waals surface area (Å²) in [5, 5.41) is 0. The van der Waals surface area contributed by atoms with E-state index in [1.165, 1.54) is 23.9 Å². The number of hydrogen-bond donors (Lipinski definition) is 0. The van der Waals surface area contributed by atoms with Crippen molar-refractivity contribution < 1.29 is 14.0 Å². The predicted molar refractivity (Wildman–Crippen MR) is 95.1 cm³/mol. The molecule has 1 fully saturated rings. The van der Waals surface area contributed by atoms with E-state index >= 15 is 0 Å². The first kappa shape index (κ1) is 15.0. The standard InChI is InChI=1S/C19H15FN2O2S/c20-13-6-8-14(9-7-13)22-16(23)11-25-19(22)15-5-1-3-12-4-2-10-21(17(12)15)18(19)24/h1,3,5-9H,2,4,10-11H2/t19-/m0/s1. The van der Waals surface area contributed by atoms with Gasteiger partial charge >= 0.3 is 0 Å². The van der Waals surface area contributed by atoms with Gasteiger partial charge < -0.3 is 4.90 Å². The molecule has 0 bridgehead atoms. The maximum atomic E-state index is 13.4. The molecular formula is C19H15FN2O2S. The highest BCUT2D eigenvalue weighted by Gasteiger charge is 2.61. The van der Waals surface area contributed by atoms with Crippen molar-refractivity contribution in [2.24, 2.45) is 0 Å². The Labute approximate surface area is 148 Å². The van der Waals surface area contributed by atoms with E-state index in [-0.39, 0.29) is 23.4 Å². The number of carbonyl (C=O) groups excluding carboxylic acids is 2. The molecule has 0 unspecified atom stereocenters. The number of thioether (sulfide) groups is 1. The number of anilines is 2. The van der Waals surface area contributed by atoms with E-state index in [2.05, 4.69) is 6.07 Å². The van der Waals surface area contributed by atoms with Gasteiger partial charge in [0, 0.05) is 17.8 Å². The van der Waals surface area contributed by atoms with Crippen LogP contribution in [0.3, 0.4) is 0 Å². The minimum Gasteiger partial charge on any atom is -0.309 e. The number of hydrogen-bond acceptors (Lipinski definition) is 3. The monoisotopic (exact) mass is 354 g/mol. The van der Waals surface area contributed by atoms with Crippen LogP contribution in [-0.2, 0) is 20.9 Å². The van der Waals surface area contributed by atoms with Gasteiger partial charge in [0.05, 0.1) is 11.4 Å². The molecule has 0 radical (unpaired) electrons. The lowest BCUT2D eigenvalue weighted by atomic mass is 9.98. The normalized spacial score (nSPS) is 24.4. The molecule has 1 spiro atoms. The molecule has 5 rings (SSSR count). The molecule has 1 atom stereocenters. The number of aryl methyl sites for hydroxylation is 1. The lowest BCUT2D eigenvalue weighted by molar-refractivity contribution is -0.123. The Bertz CT molecular complexity index is 914.